The van der Waals surface area contributed by atoms with Crippen LogP contribution in [0.2, 0.25) is 0 Å². The minimum Gasteiger partial charge on any atom is -0.369 e. The van der Waals surface area contributed by atoms with Gasteiger partial charge in [-0.2, -0.15) is 0 Å². The Morgan fingerprint density at radius 3 is 2.50 bits per heavy atom. The van der Waals surface area contributed by atoms with E-state index in [4.69, 9.17) is 5.73 Å². The molecule has 0 spiro atoms. The molecule has 2 N–H and O–H groups in total. The fraction of sp³-hybridized carbons (Fsp3) is 0.263. The number of hydrogen-bond acceptors (Lipinski definition) is 2. The summed E-state index contributed by atoms with van der Waals surface area (Å²) in [5.74, 6) is -0.529. The molecular formula is C19H19NO2. The van der Waals surface area contributed by atoms with Crippen molar-refractivity contribution in [3.63, 3.8) is 0 Å². The Morgan fingerprint density at radius 2 is 1.77 bits per heavy atom. The molecule has 0 saturated carbocycles. The molecule has 0 radical (unpaired) electrons. The summed E-state index contributed by atoms with van der Waals surface area (Å²) in [6.45, 7) is 1.95. The zero-order chi connectivity index (χ0) is 15.7. The molecular weight excluding hydrogens is 274 g/mol. The van der Waals surface area contributed by atoms with Crippen LogP contribution < -0.4 is 5.73 Å². The van der Waals surface area contributed by atoms with Crippen LogP contribution >= 0.6 is 0 Å². The van der Waals surface area contributed by atoms with Gasteiger partial charge in [-0.25, -0.2) is 0 Å². The molecule has 2 aromatic rings. The molecule has 0 aliphatic heterocycles. The first-order valence-electron chi connectivity index (χ1n) is 7.66. The maximum atomic E-state index is 12.7. The maximum absolute atomic E-state index is 12.7. The number of hydrogen-bond donors (Lipinski definition) is 1. The van der Waals surface area contributed by atoms with Gasteiger partial charge in [0.05, 0.1) is 5.92 Å². The molecule has 0 fully saturated rings. The van der Waals surface area contributed by atoms with Crippen LogP contribution in [0.1, 0.15) is 51.9 Å². The molecule has 3 nitrogen and oxygen atoms in total. The van der Waals surface area contributed by atoms with Gasteiger partial charge in [-0.15, -0.1) is 0 Å². The van der Waals surface area contributed by atoms with Gasteiger partial charge in [0.25, 0.3) is 0 Å². The molecule has 0 aromatic heterocycles. The lowest BCUT2D eigenvalue weighted by atomic mass is 9.90. The summed E-state index contributed by atoms with van der Waals surface area (Å²) in [6.07, 6.45) is 2.31. The third kappa shape index (κ3) is 2.43. The average molecular weight is 293 g/mol. The molecule has 3 rings (SSSR count). The Balaban J connectivity index is 2.05. The number of carbonyl (C=O) groups excluding carboxylic acids is 2. The van der Waals surface area contributed by atoms with Crippen LogP contribution in [-0.2, 0) is 17.6 Å². The SMILES string of the molecule is CCC(C(N)=O)c1ccc2c(c1)CCc1ccccc1C2=O. The highest BCUT2D eigenvalue weighted by Gasteiger charge is 2.23. The van der Waals surface area contributed by atoms with Crippen LogP contribution in [0, 0.1) is 0 Å². The number of ketones is 1. The number of primary amides is 1. The zero-order valence-electron chi connectivity index (χ0n) is 12.6. The summed E-state index contributed by atoms with van der Waals surface area (Å²) in [4.78, 5) is 24.3. The van der Waals surface area contributed by atoms with E-state index in [0.717, 1.165) is 40.7 Å². The van der Waals surface area contributed by atoms with E-state index >= 15 is 0 Å². The van der Waals surface area contributed by atoms with E-state index in [1.165, 1.54) is 0 Å². The van der Waals surface area contributed by atoms with Crippen molar-refractivity contribution in [1.82, 2.24) is 0 Å². The summed E-state index contributed by atoms with van der Waals surface area (Å²) >= 11 is 0. The van der Waals surface area contributed by atoms with Gasteiger partial charge in [0.15, 0.2) is 5.78 Å². The summed E-state index contributed by atoms with van der Waals surface area (Å²) < 4.78 is 0. The van der Waals surface area contributed by atoms with E-state index in [2.05, 4.69) is 0 Å². The maximum Gasteiger partial charge on any atom is 0.224 e. The molecule has 1 unspecified atom stereocenters. The molecule has 0 bridgehead atoms. The van der Waals surface area contributed by atoms with E-state index in [-0.39, 0.29) is 17.6 Å². The molecule has 1 amide bonds. The van der Waals surface area contributed by atoms with Gasteiger partial charge >= 0.3 is 0 Å². The predicted octanol–water partition coefficient (Wildman–Crippen LogP) is 3.00. The first-order chi connectivity index (χ1) is 10.6. The van der Waals surface area contributed by atoms with Crippen molar-refractivity contribution in [2.75, 3.05) is 0 Å². The number of aryl methyl sites for hydroxylation is 2. The van der Waals surface area contributed by atoms with Crippen LogP contribution in [0.25, 0.3) is 0 Å². The summed E-state index contributed by atoms with van der Waals surface area (Å²) in [6, 6.07) is 13.5. The van der Waals surface area contributed by atoms with Gasteiger partial charge in [-0.1, -0.05) is 49.4 Å². The molecule has 1 aliphatic rings. The van der Waals surface area contributed by atoms with Crippen molar-refractivity contribution >= 4 is 11.7 Å². The molecule has 2 aromatic carbocycles. The van der Waals surface area contributed by atoms with Gasteiger partial charge in [-0.05, 0) is 36.0 Å². The number of benzene rings is 2. The van der Waals surface area contributed by atoms with Gasteiger partial charge in [0.1, 0.15) is 0 Å². The molecule has 0 saturated heterocycles. The summed E-state index contributed by atoms with van der Waals surface area (Å²) in [5.41, 5.74) is 10.0. The van der Waals surface area contributed by atoms with E-state index in [0.29, 0.717) is 6.42 Å². The highest BCUT2D eigenvalue weighted by Crippen LogP contribution is 2.28. The van der Waals surface area contributed by atoms with Gasteiger partial charge in [-0.3, -0.25) is 9.59 Å². The Hall–Kier alpha value is -2.42. The van der Waals surface area contributed by atoms with Crippen molar-refractivity contribution < 1.29 is 9.59 Å². The van der Waals surface area contributed by atoms with Crippen molar-refractivity contribution in [2.45, 2.75) is 32.1 Å². The van der Waals surface area contributed by atoms with E-state index < -0.39 is 0 Å². The summed E-state index contributed by atoms with van der Waals surface area (Å²) in [5, 5.41) is 0. The molecule has 1 aliphatic carbocycles. The Bertz CT molecular complexity index is 749. The number of amides is 1. The predicted molar refractivity (Wildman–Crippen MR) is 86.0 cm³/mol. The first-order valence-corrected chi connectivity index (χ1v) is 7.66. The van der Waals surface area contributed by atoms with Gasteiger partial charge < -0.3 is 5.73 Å². The lowest BCUT2D eigenvalue weighted by Crippen LogP contribution is -2.21. The Morgan fingerprint density at radius 1 is 1.09 bits per heavy atom. The monoisotopic (exact) mass is 293 g/mol. The highest BCUT2D eigenvalue weighted by atomic mass is 16.1. The Labute approximate surface area is 130 Å². The normalized spacial score (nSPS) is 14.7. The molecule has 1 atom stereocenters. The fourth-order valence-corrected chi connectivity index (χ4v) is 3.23. The fourth-order valence-electron chi connectivity index (χ4n) is 3.23. The van der Waals surface area contributed by atoms with Crippen molar-refractivity contribution in [3.05, 3.63) is 70.3 Å². The summed E-state index contributed by atoms with van der Waals surface area (Å²) in [7, 11) is 0. The number of rotatable bonds is 3. The lowest BCUT2D eigenvalue weighted by Gasteiger charge is -2.14. The van der Waals surface area contributed by atoms with Crippen molar-refractivity contribution in [2.24, 2.45) is 5.73 Å². The average Bonchev–Trinajstić information content (AvgIpc) is 2.66. The van der Waals surface area contributed by atoms with Crippen LogP contribution in [0.4, 0.5) is 0 Å². The zero-order valence-corrected chi connectivity index (χ0v) is 12.6. The van der Waals surface area contributed by atoms with Crippen LogP contribution in [0.5, 0.6) is 0 Å². The molecule has 0 heterocycles. The van der Waals surface area contributed by atoms with Crippen LogP contribution in [0.3, 0.4) is 0 Å². The number of nitrogens with two attached hydrogens (primary N) is 1. The second-order valence-electron chi connectivity index (χ2n) is 5.77. The van der Waals surface area contributed by atoms with Crippen molar-refractivity contribution in [1.29, 1.82) is 0 Å². The highest BCUT2D eigenvalue weighted by molar-refractivity contribution is 6.11. The third-order valence-electron chi connectivity index (χ3n) is 4.45. The molecule has 112 valence electrons. The third-order valence-corrected chi connectivity index (χ3v) is 4.45. The number of carbonyl (C=O) groups is 2. The van der Waals surface area contributed by atoms with Crippen LogP contribution in [0.15, 0.2) is 42.5 Å². The topological polar surface area (TPSA) is 60.2 Å². The minimum atomic E-state index is -0.314. The van der Waals surface area contributed by atoms with E-state index in [9.17, 15) is 9.59 Å². The smallest absolute Gasteiger partial charge is 0.224 e. The molecule has 22 heavy (non-hydrogen) atoms. The standard InChI is InChI=1S/C19H19NO2/c1-2-15(19(20)22)13-9-10-17-14(11-13)8-7-12-5-3-4-6-16(12)18(17)21/h3-6,9-11,15H,2,7-8H2,1H3,(H2,20,22). The van der Waals surface area contributed by atoms with Crippen LogP contribution in [-0.4, -0.2) is 11.7 Å². The van der Waals surface area contributed by atoms with Gasteiger partial charge in [0, 0.05) is 11.1 Å². The van der Waals surface area contributed by atoms with Crippen molar-refractivity contribution in [3.8, 4) is 0 Å². The van der Waals surface area contributed by atoms with Gasteiger partial charge in [0.2, 0.25) is 5.91 Å². The quantitative estimate of drug-likeness (QED) is 0.945. The van der Waals surface area contributed by atoms with E-state index in [1.807, 2.05) is 49.4 Å². The number of fused-ring (bicyclic) bond motifs is 2. The second kappa shape index (κ2) is 5.76. The van der Waals surface area contributed by atoms with E-state index in [1.54, 1.807) is 0 Å². The lowest BCUT2D eigenvalue weighted by molar-refractivity contribution is -0.119. The largest absolute Gasteiger partial charge is 0.369 e. The molecule has 3 heteroatoms. The minimum absolute atomic E-state index is 0.0711. The Kier molecular flexibility index (Phi) is 3.80. The first kappa shape index (κ1) is 14.5. The second-order valence-corrected chi connectivity index (χ2v) is 5.77.